The fraction of sp³-hybridized carbons (Fsp3) is 0.773. The molecule has 30 heavy (non-hydrogen) atoms. The average Bonchev–Trinajstić information content (AvgIpc) is 3.25. The quantitative estimate of drug-likeness (QED) is 0.225. The summed E-state index contributed by atoms with van der Waals surface area (Å²) in [6.07, 6.45) is 4.15. The molecule has 2 unspecified atom stereocenters. The van der Waals surface area contributed by atoms with E-state index in [1.807, 2.05) is 18.4 Å². The van der Waals surface area contributed by atoms with Crippen molar-refractivity contribution in [3.05, 3.63) is 22.4 Å². The predicted molar refractivity (Wildman–Crippen MR) is 138 cm³/mol. The van der Waals surface area contributed by atoms with E-state index in [4.69, 9.17) is 4.74 Å². The van der Waals surface area contributed by atoms with E-state index in [1.54, 1.807) is 0 Å². The molecule has 0 bridgehead atoms. The van der Waals surface area contributed by atoms with Gasteiger partial charge in [0.05, 0.1) is 18.8 Å². The lowest BCUT2D eigenvalue weighted by Crippen LogP contribution is -2.48. The van der Waals surface area contributed by atoms with Gasteiger partial charge < -0.3 is 20.3 Å². The Morgan fingerprint density at radius 1 is 1.27 bits per heavy atom. The molecule has 3 heterocycles. The Morgan fingerprint density at radius 2 is 2.07 bits per heavy atom. The monoisotopic (exact) mass is 549 g/mol. The van der Waals surface area contributed by atoms with Gasteiger partial charge in [-0.15, -0.1) is 35.3 Å². The van der Waals surface area contributed by atoms with E-state index in [0.29, 0.717) is 12.1 Å². The van der Waals surface area contributed by atoms with Gasteiger partial charge in [-0.3, -0.25) is 9.89 Å². The molecule has 0 aliphatic carbocycles. The van der Waals surface area contributed by atoms with Crippen LogP contribution in [0.25, 0.3) is 0 Å². The number of thiophene rings is 1. The van der Waals surface area contributed by atoms with Gasteiger partial charge in [-0.2, -0.15) is 0 Å². The van der Waals surface area contributed by atoms with Crippen LogP contribution >= 0.6 is 35.3 Å². The standard InChI is InChI=1S/C22H39N5OS.HI/c1-18-7-11-26(12-8-18)10-5-9-24-22(23-3)25-16-20(21-6-4-15-29-21)27-13-14-28-19(2)17-27;/h4,6,15,18-20H,5,7-14,16-17H2,1-3H3,(H2,23,24,25);1H. The first-order valence-electron chi connectivity index (χ1n) is 11.2. The molecule has 0 radical (unpaired) electrons. The van der Waals surface area contributed by atoms with Crippen LogP contribution in [0.4, 0.5) is 0 Å². The number of likely N-dealkylation sites (tertiary alicyclic amines) is 1. The van der Waals surface area contributed by atoms with Crippen molar-refractivity contribution in [2.45, 2.75) is 45.3 Å². The number of halogens is 1. The zero-order valence-corrected chi connectivity index (χ0v) is 22.0. The third kappa shape index (κ3) is 8.26. The SMILES string of the molecule is CN=C(NCCCN1CCC(C)CC1)NCC(c1cccs1)N1CCOC(C)C1.I. The van der Waals surface area contributed by atoms with Gasteiger partial charge in [-0.1, -0.05) is 13.0 Å². The number of aliphatic imine (C=N–C) groups is 1. The Morgan fingerprint density at radius 3 is 2.73 bits per heavy atom. The van der Waals surface area contributed by atoms with E-state index in [1.165, 1.54) is 37.4 Å². The topological polar surface area (TPSA) is 52.1 Å². The Bertz CT molecular complexity index is 607. The van der Waals surface area contributed by atoms with Gasteiger partial charge in [0.2, 0.25) is 0 Å². The van der Waals surface area contributed by atoms with Crippen molar-refractivity contribution in [3.8, 4) is 0 Å². The van der Waals surface area contributed by atoms with Crippen LogP contribution in [0, 0.1) is 5.92 Å². The van der Waals surface area contributed by atoms with Crippen LogP contribution in [-0.4, -0.2) is 81.3 Å². The zero-order chi connectivity index (χ0) is 20.5. The molecule has 2 aliphatic heterocycles. The number of rotatable bonds is 8. The zero-order valence-electron chi connectivity index (χ0n) is 18.8. The molecule has 172 valence electrons. The fourth-order valence-corrected chi connectivity index (χ4v) is 5.09. The maximum absolute atomic E-state index is 5.74. The summed E-state index contributed by atoms with van der Waals surface area (Å²) in [5.41, 5.74) is 0. The minimum absolute atomic E-state index is 0. The molecule has 3 rings (SSSR count). The molecule has 2 aliphatic rings. The van der Waals surface area contributed by atoms with Crippen LogP contribution in [0.3, 0.4) is 0 Å². The molecule has 1 aromatic rings. The van der Waals surface area contributed by atoms with Gasteiger partial charge in [-0.25, -0.2) is 0 Å². The van der Waals surface area contributed by atoms with Crippen LogP contribution < -0.4 is 10.6 Å². The van der Waals surface area contributed by atoms with E-state index in [-0.39, 0.29) is 24.0 Å². The highest BCUT2D eigenvalue weighted by molar-refractivity contribution is 14.0. The second-order valence-electron chi connectivity index (χ2n) is 8.47. The fourth-order valence-electron chi connectivity index (χ4n) is 4.23. The van der Waals surface area contributed by atoms with Gasteiger partial charge in [0.1, 0.15) is 0 Å². The van der Waals surface area contributed by atoms with Crippen molar-refractivity contribution in [1.29, 1.82) is 0 Å². The summed E-state index contributed by atoms with van der Waals surface area (Å²) in [6.45, 7) is 12.8. The molecule has 0 amide bonds. The van der Waals surface area contributed by atoms with Crippen molar-refractivity contribution < 1.29 is 4.74 Å². The molecular formula is C22H40IN5OS. The number of hydrogen-bond acceptors (Lipinski definition) is 5. The molecule has 0 spiro atoms. The molecule has 2 saturated heterocycles. The second-order valence-corrected chi connectivity index (χ2v) is 9.44. The number of hydrogen-bond donors (Lipinski definition) is 2. The minimum atomic E-state index is 0. The molecule has 1 aromatic heterocycles. The molecule has 2 fully saturated rings. The van der Waals surface area contributed by atoms with Crippen molar-refractivity contribution >= 4 is 41.3 Å². The van der Waals surface area contributed by atoms with Crippen molar-refractivity contribution in [2.24, 2.45) is 10.9 Å². The lowest BCUT2D eigenvalue weighted by molar-refractivity contribution is -0.0334. The molecule has 2 N–H and O–H groups in total. The third-order valence-corrected chi connectivity index (χ3v) is 7.06. The van der Waals surface area contributed by atoms with Crippen molar-refractivity contribution in [3.63, 3.8) is 0 Å². The highest BCUT2D eigenvalue weighted by atomic mass is 127. The Kier molecular flexibility index (Phi) is 12.0. The Balaban J connectivity index is 0.00000320. The van der Waals surface area contributed by atoms with Crippen LogP contribution in [0.2, 0.25) is 0 Å². The predicted octanol–water partition coefficient (Wildman–Crippen LogP) is 3.41. The molecule has 8 heteroatoms. The number of nitrogens with zero attached hydrogens (tertiary/aromatic N) is 3. The van der Waals surface area contributed by atoms with Gasteiger partial charge in [-0.05, 0) is 63.2 Å². The summed E-state index contributed by atoms with van der Waals surface area (Å²) in [6, 6.07) is 4.74. The first-order valence-corrected chi connectivity index (χ1v) is 12.1. The Hall–Kier alpha value is -0.420. The number of guanidine groups is 1. The van der Waals surface area contributed by atoms with E-state index in [2.05, 4.69) is 56.8 Å². The summed E-state index contributed by atoms with van der Waals surface area (Å²) >= 11 is 1.83. The van der Waals surface area contributed by atoms with E-state index < -0.39 is 0 Å². The molecule has 0 saturated carbocycles. The summed E-state index contributed by atoms with van der Waals surface area (Å²) in [4.78, 5) is 11.0. The minimum Gasteiger partial charge on any atom is -0.376 e. The van der Waals surface area contributed by atoms with Crippen LogP contribution in [0.1, 0.15) is 44.0 Å². The highest BCUT2D eigenvalue weighted by Crippen LogP contribution is 2.26. The number of piperidine rings is 1. The number of nitrogens with one attached hydrogen (secondary N) is 2. The van der Waals surface area contributed by atoms with Gasteiger partial charge >= 0.3 is 0 Å². The molecule has 0 aromatic carbocycles. The van der Waals surface area contributed by atoms with Gasteiger partial charge in [0.15, 0.2) is 5.96 Å². The van der Waals surface area contributed by atoms with Crippen molar-refractivity contribution in [2.75, 3.05) is 59.5 Å². The van der Waals surface area contributed by atoms with Crippen LogP contribution in [0.15, 0.2) is 22.5 Å². The van der Waals surface area contributed by atoms with Crippen molar-refractivity contribution in [1.82, 2.24) is 20.4 Å². The second kappa shape index (κ2) is 13.9. The van der Waals surface area contributed by atoms with Gasteiger partial charge in [0.25, 0.3) is 0 Å². The normalized spacial score (nSPS) is 23.0. The van der Waals surface area contributed by atoms with E-state index >= 15 is 0 Å². The summed E-state index contributed by atoms with van der Waals surface area (Å²) in [7, 11) is 1.86. The number of ether oxygens (including phenoxy) is 1. The van der Waals surface area contributed by atoms with Crippen LogP contribution in [0.5, 0.6) is 0 Å². The van der Waals surface area contributed by atoms with E-state index in [0.717, 1.165) is 51.1 Å². The summed E-state index contributed by atoms with van der Waals surface area (Å²) in [5.74, 6) is 1.80. The summed E-state index contributed by atoms with van der Waals surface area (Å²) in [5, 5.41) is 9.23. The van der Waals surface area contributed by atoms with Crippen LogP contribution in [-0.2, 0) is 4.74 Å². The average molecular weight is 550 g/mol. The number of morpholine rings is 1. The molecule has 2 atom stereocenters. The maximum Gasteiger partial charge on any atom is 0.191 e. The van der Waals surface area contributed by atoms with E-state index in [9.17, 15) is 0 Å². The molecular weight excluding hydrogens is 509 g/mol. The first-order chi connectivity index (χ1) is 14.2. The lowest BCUT2D eigenvalue weighted by Gasteiger charge is -2.37. The largest absolute Gasteiger partial charge is 0.376 e. The maximum atomic E-state index is 5.74. The highest BCUT2D eigenvalue weighted by Gasteiger charge is 2.26. The molecule has 6 nitrogen and oxygen atoms in total. The lowest BCUT2D eigenvalue weighted by atomic mass is 9.99. The first kappa shape index (κ1) is 25.8. The smallest absolute Gasteiger partial charge is 0.191 e. The third-order valence-electron chi connectivity index (χ3n) is 6.09. The summed E-state index contributed by atoms with van der Waals surface area (Å²) < 4.78 is 5.74. The van der Waals surface area contributed by atoms with Gasteiger partial charge in [0, 0.05) is 38.1 Å². The Labute approximate surface area is 203 Å².